The zero-order chi connectivity index (χ0) is 16.3. The molecule has 0 atom stereocenters. The molecule has 7 heteroatoms. The first-order valence-corrected chi connectivity index (χ1v) is 6.70. The van der Waals surface area contributed by atoms with Crippen molar-refractivity contribution in [2.45, 2.75) is 6.92 Å². The highest BCUT2D eigenvalue weighted by atomic mass is 35.5. The molecule has 0 bridgehead atoms. The number of halogens is 1. The Kier molecular flexibility index (Phi) is 4.49. The average molecular weight is 317 g/mol. The summed E-state index contributed by atoms with van der Waals surface area (Å²) in [6, 6.07) is 8.12. The summed E-state index contributed by atoms with van der Waals surface area (Å²) in [5.41, 5.74) is 5.44. The van der Waals surface area contributed by atoms with Crippen molar-refractivity contribution < 1.29 is 9.90 Å². The average Bonchev–Trinajstić information content (AvgIpc) is 2.76. The van der Waals surface area contributed by atoms with Gasteiger partial charge >= 0.3 is 5.97 Å². The molecule has 2 N–H and O–H groups in total. The van der Waals surface area contributed by atoms with Crippen LogP contribution in [0.5, 0.6) is 0 Å². The van der Waals surface area contributed by atoms with E-state index in [1.54, 1.807) is 23.9 Å². The van der Waals surface area contributed by atoms with Crippen LogP contribution in [0, 0.1) is 18.3 Å². The molecule has 0 aliphatic rings. The molecule has 1 heterocycles. The largest absolute Gasteiger partial charge is 0.478 e. The van der Waals surface area contributed by atoms with E-state index in [1.807, 2.05) is 6.92 Å². The molecule has 22 heavy (non-hydrogen) atoms. The molecule has 0 amide bonds. The standard InChI is InChI=1S/C15H13ClN4O2/c1-9-11(5-12(7-17)20(9)2)8-18-19-14-6-10(15(21)22)3-4-13(14)16/h3-6,8,19H,1-2H3,(H,21,22)/b18-8-. The summed E-state index contributed by atoms with van der Waals surface area (Å²) in [5, 5.41) is 22.3. The van der Waals surface area contributed by atoms with E-state index in [1.165, 1.54) is 18.2 Å². The second-order valence-electron chi connectivity index (χ2n) is 4.61. The minimum atomic E-state index is -1.04. The molecule has 1 aromatic carbocycles. The predicted molar refractivity (Wildman–Crippen MR) is 84.5 cm³/mol. The van der Waals surface area contributed by atoms with Crippen molar-refractivity contribution in [2.75, 3.05) is 5.43 Å². The van der Waals surface area contributed by atoms with Gasteiger partial charge in [-0.05, 0) is 31.2 Å². The molecule has 6 nitrogen and oxygen atoms in total. The van der Waals surface area contributed by atoms with E-state index < -0.39 is 5.97 Å². The molecular formula is C15H13ClN4O2. The molecule has 2 aromatic rings. The van der Waals surface area contributed by atoms with Gasteiger partial charge in [0, 0.05) is 18.3 Å². The first kappa shape index (κ1) is 15.6. The molecule has 0 aliphatic carbocycles. The maximum Gasteiger partial charge on any atom is 0.335 e. The molecule has 0 radical (unpaired) electrons. The van der Waals surface area contributed by atoms with Crippen molar-refractivity contribution in [2.24, 2.45) is 12.1 Å². The third-order valence-corrected chi connectivity index (χ3v) is 3.62. The van der Waals surface area contributed by atoms with Crippen LogP contribution >= 0.6 is 11.6 Å². The Hall–Kier alpha value is -2.78. The molecular weight excluding hydrogens is 304 g/mol. The zero-order valence-electron chi connectivity index (χ0n) is 12.0. The Morgan fingerprint density at radius 2 is 2.23 bits per heavy atom. The van der Waals surface area contributed by atoms with Crippen molar-refractivity contribution in [3.05, 3.63) is 51.8 Å². The van der Waals surface area contributed by atoms with Gasteiger partial charge in [0.25, 0.3) is 0 Å². The van der Waals surface area contributed by atoms with Gasteiger partial charge in [0.1, 0.15) is 11.8 Å². The van der Waals surface area contributed by atoms with E-state index in [0.29, 0.717) is 16.4 Å². The van der Waals surface area contributed by atoms with Gasteiger partial charge in [-0.3, -0.25) is 5.43 Å². The van der Waals surface area contributed by atoms with E-state index in [0.717, 1.165) is 11.3 Å². The monoisotopic (exact) mass is 316 g/mol. The lowest BCUT2D eigenvalue weighted by atomic mass is 10.2. The number of rotatable bonds is 4. The second kappa shape index (κ2) is 6.33. The molecule has 112 valence electrons. The molecule has 0 unspecified atom stereocenters. The Bertz CT molecular complexity index is 803. The third kappa shape index (κ3) is 3.10. The van der Waals surface area contributed by atoms with Crippen LogP contribution in [0.25, 0.3) is 0 Å². The number of carboxylic acid groups (broad SMARTS) is 1. The first-order valence-electron chi connectivity index (χ1n) is 6.32. The topological polar surface area (TPSA) is 90.4 Å². The Labute approximate surface area is 132 Å². The number of hydrazone groups is 1. The number of aromatic carboxylic acids is 1. The highest BCUT2D eigenvalue weighted by molar-refractivity contribution is 6.33. The molecule has 0 saturated heterocycles. The van der Waals surface area contributed by atoms with Crippen LogP contribution in [0.3, 0.4) is 0 Å². The molecule has 1 aromatic heterocycles. The number of nitriles is 1. The Balaban J connectivity index is 2.22. The highest BCUT2D eigenvalue weighted by Crippen LogP contribution is 2.23. The van der Waals surface area contributed by atoms with E-state index in [9.17, 15) is 4.79 Å². The summed E-state index contributed by atoms with van der Waals surface area (Å²) >= 11 is 5.99. The third-order valence-electron chi connectivity index (χ3n) is 3.29. The second-order valence-corrected chi connectivity index (χ2v) is 5.02. The van der Waals surface area contributed by atoms with Crippen molar-refractivity contribution in [3.8, 4) is 6.07 Å². The van der Waals surface area contributed by atoms with Crippen LogP contribution in [0.15, 0.2) is 29.4 Å². The maximum atomic E-state index is 10.9. The number of nitrogens with one attached hydrogen (secondary N) is 1. The number of hydrogen-bond acceptors (Lipinski definition) is 4. The molecule has 0 saturated carbocycles. The van der Waals surface area contributed by atoms with E-state index >= 15 is 0 Å². The lowest BCUT2D eigenvalue weighted by Gasteiger charge is -2.04. The quantitative estimate of drug-likeness (QED) is 0.670. The first-order chi connectivity index (χ1) is 10.4. The fourth-order valence-corrected chi connectivity index (χ4v) is 2.04. The zero-order valence-corrected chi connectivity index (χ0v) is 12.7. The summed E-state index contributed by atoms with van der Waals surface area (Å²) in [6.07, 6.45) is 1.56. The number of benzene rings is 1. The minimum absolute atomic E-state index is 0.116. The smallest absolute Gasteiger partial charge is 0.335 e. The number of carboxylic acids is 1. The van der Waals surface area contributed by atoms with E-state index in [4.69, 9.17) is 22.0 Å². The van der Waals surface area contributed by atoms with Crippen molar-refractivity contribution >= 4 is 29.5 Å². The summed E-state index contributed by atoms with van der Waals surface area (Å²) in [4.78, 5) is 10.9. The number of aromatic nitrogens is 1. The van der Waals surface area contributed by atoms with Crippen LogP contribution in [0.2, 0.25) is 5.02 Å². The number of anilines is 1. The Morgan fingerprint density at radius 1 is 1.50 bits per heavy atom. The van der Waals surface area contributed by atoms with Crippen LogP contribution < -0.4 is 5.43 Å². The van der Waals surface area contributed by atoms with E-state index in [2.05, 4.69) is 16.6 Å². The van der Waals surface area contributed by atoms with E-state index in [-0.39, 0.29) is 5.56 Å². The van der Waals surface area contributed by atoms with Gasteiger partial charge in [0.15, 0.2) is 0 Å². The summed E-state index contributed by atoms with van der Waals surface area (Å²) in [7, 11) is 1.80. The number of hydrogen-bond donors (Lipinski definition) is 2. The maximum absolute atomic E-state index is 10.9. The van der Waals surface area contributed by atoms with Crippen LogP contribution in [-0.2, 0) is 7.05 Å². The van der Waals surface area contributed by atoms with Crippen LogP contribution in [0.1, 0.15) is 27.3 Å². The summed E-state index contributed by atoms with van der Waals surface area (Å²) in [6.45, 7) is 1.88. The fourth-order valence-electron chi connectivity index (χ4n) is 1.88. The number of carbonyl (C=O) groups is 1. The van der Waals surface area contributed by atoms with Gasteiger partial charge in [-0.2, -0.15) is 10.4 Å². The Morgan fingerprint density at radius 3 is 2.82 bits per heavy atom. The minimum Gasteiger partial charge on any atom is -0.478 e. The van der Waals surface area contributed by atoms with Gasteiger partial charge in [0.2, 0.25) is 0 Å². The van der Waals surface area contributed by atoms with Crippen molar-refractivity contribution in [1.82, 2.24) is 4.57 Å². The molecule has 2 rings (SSSR count). The van der Waals surface area contributed by atoms with Crippen LogP contribution in [0.4, 0.5) is 5.69 Å². The highest BCUT2D eigenvalue weighted by Gasteiger charge is 2.08. The predicted octanol–water partition coefficient (Wildman–Crippen LogP) is 3.00. The molecule has 0 fully saturated rings. The van der Waals surface area contributed by atoms with Gasteiger partial charge in [-0.25, -0.2) is 4.79 Å². The van der Waals surface area contributed by atoms with Gasteiger partial charge in [0.05, 0.1) is 22.5 Å². The van der Waals surface area contributed by atoms with Gasteiger partial charge in [-0.15, -0.1) is 0 Å². The fraction of sp³-hybridized carbons (Fsp3) is 0.133. The van der Waals surface area contributed by atoms with Gasteiger partial charge < -0.3 is 9.67 Å². The molecule has 0 aliphatic heterocycles. The number of nitrogens with zero attached hydrogens (tertiary/aromatic N) is 3. The summed E-state index contributed by atoms with van der Waals surface area (Å²) in [5.74, 6) is -1.04. The van der Waals surface area contributed by atoms with Crippen molar-refractivity contribution in [3.63, 3.8) is 0 Å². The summed E-state index contributed by atoms with van der Waals surface area (Å²) < 4.78 is 1.76. The van der Waals surface area contributed by atoms with Gasteiger partial charge in [-0.1, -0.05) is 11.6 Å². The van der Waals surface area contributed by atoms with Crippen LogP contribution in [-0.4, -0.2) is 21.9 Å². The lowest BCUT2D eigenvalue weighted by Crippen LogP contribution is -1.99. The molecule has 0 spiro atoms. The SMILES string of the molecule is Cc1c(/C=N\Nc2cc(C(=O)O)ccc2Cl)cc(C#N)n1C. The lowest BCUT2D eigenvalue weighted by molar-refractivity contribution is 0.0697. The normalized spacial score (nSPS) is 10.6. The van der Waals surface area contributed by atoms with Crippen molar-refractivity contribution in [1.29, 1.82) is 5.26 Å².